The average molecular weight is 369 g/mol. The maximum Gasteiger partial charge on any atom is 0.107 e. The Morgan fingerprint density at radius 3 is 2.41 bits per heavy atom. The first kappa shape index (κ1) is 20.2. The number of hydrogen-bond acceptors (Lipinski definition) is 3. The average Bonchev–Trinajstić information content (AvgIpc) is 2.60. The molecule has 0 bridgehead atoms. The fraction of sp³-hybridized carbons (Fsp3) is 0.667. The van der Waals surface area contributed by atoms with Crippen LogP contribution in [0.3, 0.4) is 0 Å². The molecule has 1 aromatic carbocycles. The van der Waals surface area contributed by atoms with Crippen LogP contribution in [0.25, 0.3) is 0 Å². The second kappa shape index (κ2) is 8.25. The summed E-state index contributed by atoms with van der Waals surface area (Å²) in [6.07, 6.45) is 3.81. The van der Waals surface area contributed by atoms with Gasteiger partial charge in [-0.2, -0.15) is 0 Å². The lowest BCUT2D eigenvalue weighted by Gasteiger charge is -2.46. The van der Waals surface area contributed by atoms with E-state index in [1.165, 1.54) is 30.5 Å². The number of methoxy groups -OCH3 is 1. The van der Waals surface area contributed by atoms with Crippen molar-refractivity contribution in [2.45, 2.75) is 52.9 Å². The Kier molecular flexibility index (Phi) is 6.18. The normalized spacial score (nSPS) is 22.2. The van der Waals surface area contributed by atoms with E-state index < -0.39 is 0 Å². The molecule has 0 atom stereocenters. The van der Waals surface area contributed by atoms with Crippen molar-refractivity contribution in [2.24, 2.45) is 10.8 Å². The van der Waals surface area contributed by atoms with Crippen LogP contribution in [0.4, 0.5) is 5.69 Å². The molecule has 0 unspecified atom stereocenters. The van der Waals surface area contributed by atoms with Crippen molar-refractivity contribution in [2.75, 3.05) is 44.8 Å². The van der Waals surface area contributed by atoms with E-state index in [4.69, 9.17) is 4.74 Å². The number of rotatable bonds is 3. The maximum absolute atomic E-state index is 5.09. The van der Waals surface area contributed by atoms with E-state index in [2.05, 4.69) is 68.0 Å². The van der Waals surface area contributed by atoms with Crippen molar-refractivity contribution in [3.8, 4) is 11.8 Å². The van der Waals surface area contributed by atoms with Gasteiger partial charge in [0.25, 0.3) is 0 Å². The van der Waals surface area contributed by atoms with Gasteiger partial charge in [-0.25, -0.2) is 0 Å². The third kappa shape index (κ3) is 5.27. The Morgan fingerprint density at radius 1 is 1.11 bits per heavy atom. The molecule has 1 aliphatic heterocycles. The van der Waals surface area contributed by atoms with Gasteiger partial charge in [-0.05, 0) is 59.8 Å². The molecular weight excluding hydrogens is 332 g/mol. The summed E-state index contributed by atoms with van der Waals surface area (Å²) >= 11 is 0. The number of ether oxygens (including phenoxy) is 1. The predicted octanol–water partition coefficient (Wildman–Crippen LogP) is 4.41. The van der Waals surface area contributed by atoms with Crippen molar-refractivity contribution >= 4 is 5.69 Å². The van der Waals surface area contributed by atoms with Gasteiger partial charge in [-0.15, -0.1) is 0 Å². The lowest BCUT2D eigenvalue weighted by Crippen LogP contribution is -2.44. The van der Waals surface area contributed by atoms with E-state index in [0.29, 0.717) is 23.4 Å². The molecule has 1 heterocycles. The van der Waals surface area contributed by atoms with Crippen LogP contribution in [-0.2, 0) is 4.74 Å². The summed E-state index contributed by atoms with van der Waals surface area (Å²) in [5.74, 6) is 7.00. The number of nitrogens with zero attached hydrogens (tertiary/aromatic N) is 1. The molecule has 0 amide bonds. The van der Waals surface area contributed by atoms with E-state index in [9.17, 15) is 0 Å². The maximum atomic E-state index is 5.09. The van der Waals surface area contributed by atoms with Gasteiger partial charge in [0.05, 0.1) is 0 Å². The zero-order valence-corrected chi connectivity index (χ0v) is 17.8. The molecule has 1 saturated heterocycles. The van der Waals surface area contributed by atoms with Crippen LogP contribution in [0.2, 0.25) is 0 Å². The van der Waals surface area contributed by atoms with Gasteiger partial charge in [0.2, 0.25) is 0 Å². The number of piperazine rings is 1. The summed E-state index contributed by atoms with van der Waals surface area (Å²) in [6, 6.07) is 6.86. The molecule has 1 aliphatic carbocycles. The standard InChI is InChI=1S/C24H36N2O/c1-23(2)16-20(17-24(3,4)18-23)21-15-19(7-6-14-27-5)8-9-22(21)26-12-10-25-11-13-26/h8-9,15,20,25H,10-14,16-18H2,1-5H3. The third-order valence-corrected chi connectivity index (χ3v) is 5.93. The Balaban J connectivity index is 1.98. The van der Waals surface area contributed by atoms with Gasteiger partial charge in [-0.3, -0.25) is 0 Å². The van der Waals surface area contributed by atoms with E-state index >= 15 is 0 Å². The van der Waals surface area contributed by atoms with Crippen LogP contribution in [-0.4, -0.2) is 39.9 Å². The highest BCUT2D eigenvalue weighted by molar-refractivity contribution is 5.59. The van der Waals surface area contributed by atoms with Crippen molar-refractivity contribution in [1.82, 2.24) is 5.32 Å². The Hall–Kier alpha value is -1.50. The molecule has 0 spiro atoms. The lowest BCUT2D eigenvalue weighted by atomic mass is 9.60. The highest BCUT2D eigenvalue weighted by Crippen LogP contribution is 2.53. The van der Waals surface area contributed by atoms with E-state index in [1.54, 1.807) is 7.11 Å². The molecule has 0 radical (unpaired) electrons. The first-order valence-electron chi connectivity index (χ1n) is 10.4. The van der Waals surface area contributed by atoms with E-state index in [-0.39, 0.29) is 0 Å². The van der Waals surface area contributed by atoms with Gasteiger partial charge in [0.15, 0.2) is 0 Å². The van der Waals surface area contributed by atoms with Crippen molar-refractivity contribution in [3.05, 3.63) is 29.3 Å². The molecule has 1 saturated carbocycles. The monoisotopic (exact) mass is 368 g/mol. The second-order valence-electron chi connectivity index (χ2n) is 9.86. The molecule has 1 aromatic rings. The zero-order chi connectivity index (χ0) is 19.5. The van der Waals surface area contributed by atoms with Crippen LogP contribution in [0.1, 0.15) is 64.0 Å². The summed E-state index contributed by atoms with van der Waals surface area (Å²) in [4.78, 5) is 2.56. The lowest BCUT2D eigenvalue weighted by molar-refractivity contribution is 0.0970. The van der Waals surface area contributed by atoms with Crippen LogP contribution in [0.15, 0.2) is 18.2 Å². The van der Waals surface area contributed by atoms with Gasteiger partial charge < -0.3 is 15.0 Å². The molecule has 0 aromatic heterocycles. The molecule has 3 rings (SSSR count). The van der Waals surface area contributed by atoms with Crippen LogP contribution in [0.5, 0.6) is 0 Å². The molecular formula is C24H36N2O. The smallest absolute Gasteiger partial charge is 0.107 e. The van der Waals surface area contributed by atoms with Crippen molar-refractivity contribution < 1.29 is 4.74 Å². The quantitative estimate of drug-likeness (QED) is 0.800. The van der Waals surface area contributed by atoms with Crippen molar-refractivity contribution in [1.29, 1.82) is 0 Å². The van der Waals surface area contributed by atoms with E-state index in [0.717, 1.165) is 31.7 Å². The van der Waals surface area contributed by atoms with Crippen LogP contribution >= 0.6 is 0 Å². The summed E-state index contributed by atoms with van der Waals surface area (Å²) in [5.41, 5.74) is 4.80. The number of benzene rings is 1. The predicted molar refractivity (Wildman–Crippen MR) is 114 cm³/mol. The first-order chi connectivity index (χ1) is 12.8. The fourth-order valence-electron chi connectivity index (χ4n) is 5.43. The Labute approximate surface area is 165 Å². The van der Waals surface area contributed by atoms with Gasteiger partial charge >= 0.3 is 0 Å². The first-order valence-corrected chi connectivity index (χ1v) is 10.4. The topological polar surface area (TPSA) is 24.5 Å². The Morgan fingerprint density at radius 2 is 1.78 bits per heavy atom. The number of hydrogen-bond donors (Lipinski definition) is 1. The highest BCUT2D eigenvalue weighted by atomic mass is 16.5. The van der Waals surface area contributed by atoms with Crippen LogP contribution in [0, 0.1) is 22.7 Å². The van der Waals surface area contributed by atoms with Gasteiger partial charge in [0, 0.05) is 44.5 Å². The zero-order valence-electron chi connectivity index (χ0n) is 17.8. The minimum Gasteiger partial charge on any atom is -0.372 e. The van der Waals surface area contributed by atoms with Crippen LogP contribution < -0.4 is 10.2 Å². The second-order valence-corrected chi connectivity index (χ2v) is 9.86. The number of anilines is 1. The van der Waals surface area contributed by atoms with Gasteiger partial charge in [-0.1, -0.05) is 39.5 Å². The third-order valence-electron chi connectivity index (χ3n) is 5.93. The number of nitrogens with one attached hydrogen (secondary N) is 1. The minimum absolute atomic E-state index is 0.380. The largest absolute Gasteiger partial charge is 0.372 e. The molecule has 3 nitrogen and oxygen atoms in total. The summed E-state index contributed by atoms with van der Waals surface area (Å²) in [7, 11) is 1.69. The van der Waals surface area contributed by atoms with Crippen molar-refractivity contribution in [3.63, 3.8) is 0 Å². The molecule has 3 heteroatoms. The molecule has 148 valence electrons. The summed E-state index contributed by atoms with van der Waals surface area (Å²) < 4.78 is 5.09. The SMILES string of the molecule is COCC#Cc1ccc(N2CCNCC2)c(C2CC(C)(C)CC(C)(C)C2)c1. The minimum atomic E-state index is 0.380. The molecule has 27 heavy (non-hydrogen) atoms. The molecule has 2 aliphatic rings. The summed E-state index contributed by atoms with van der Waals surface area (Å²) in [6.45, 7) is 14.5. The fourth-order valence-corrected chi connectivity index (χ4v) is 5.43. The summed E-state index contributed by atoms with van der Waals surface area (Å²) in [5, 5.41) is 3.48. The Bertz CT molecular complexity index is 689. The molecule has 1 N–H and O–H groups in total. The highest BCUT2D eigenvalue weighted by Gasteiger charge is 2.39. The van der Waals surface area contributed by atoms with Gasteiger partial charge in [0.1, 0.15) is 6.61 Å². The molecule has 2 fully saturated rings. The van der Waals surface area contributed by atoms with E-state index in [1.807, 2.05) is 0 Å².